The molecular formula is C11H18N2O3. The molecule has 1 heterocycles. The predicted octanol–water partition coefficient (Wildman–Crippen LogP) is 0.537. The maximum absolute atomic E-state index is 9.15. The molecule has 0 aliphatic rings. The van der Waals surface area contributed by atoms with Crippen molar-refractivity contribution >= 4 is 0 Å². The van der Waals surface area contributed by atoms with Gasteiger partial charge in [-0.05, 0) is 6.92 Å². The molecule has 0 aliphatic carbocycles. The van der Waals surface area contributed by atoms with Crippen LogP contribution in [0.1, 0.15) is 22.9 Å². The molecule has 16 heavy (non-hydrogen) atoms. The van der Waals surface area contributed by atoms with Crippen molar-refractivity contribution in [2.24, 2.45) is 5.73 Å². The van der Waals surface area contributed by atoms with Crippen molar-refractivity contribution in [3.8, 4) is 5.75 Å². The molecule has 0 amide bonds. The number of rotatable bonds is 5. The number of aryl methyl sites for hydroxylation is 1. The zero-order chi connectivity index (χ0) is 12.1. The van der Waals surface area contributed by atoms with Gasteiger partial charge >= 0.3 is 0 Å². The van der Waals surface area contributed by atoms with Gasteiger partial charge < -0.3 is 20.3 Å². The molecule has 0 spiro atoms. The van der Waals surface area contributed by atoms with Gasteiger partial charge in [0.15, 0.2) is 0 Å². The molecule has 0 radical (unpaired) electrons. The maximum Gasteiger partial charge on any atom is 0.145 e. The Balaban J connectivity index is 3.28. The van der Waals surface area contributed by atoms with Crippen molar-refractivity contribution in [3.63, 3.8) is 0 Å². The average Bonchev–Trinajstić information content (AvgIpc) is 2.30. The van der Waals surface area contributed by atoms with Gasteiger partial charge in [0.1, 0.15) is 5.75 Å². The first-order valence-electron chi connectivity index (χ1n) is 5.03. The third-order valence-electron chi connectivity index (χ3n) is 2.40. The Hall–Kier alpha value is -1.17. The van der Waals surface area contributed by atoms with E-state index in [0.717, 1.165) is 16.8 Å². The number of methoxy groups -OCH3 is 2. The molecule has 3 N–H and O–H groups in total. The second kappa shape index (κ2) is 5.79. The van der Waals surface area contributed by atoms with E-state index in [1.807, 2.05) is 6.92 Å². The fourth-order valence-electron chi connectivity index (χ4n) is 1.67. The third-order valence-corrected chi connectivity index (χ3v) is 2.40. The minimum atomic E-state index is -0.484. The largest absolute Gasteiger partial charge is 0.494 e. The van der Waals surface area contributed by atoms with Crippen LogP contribution in [-0.4, -0.2) is 30.9 Å². The molecule has 1 rings (SSSR count). The van der Waals surface area contributed by atoms with Gasteiger partial charge in [0, 0.05) is 24.4 Å². The Morgan fingerprint density at radius 2 is 2.19 bits per heavy atom. The van der Waals surface area contributed by atoms with Gasteiger partial charge in [0.2, 0.25) is 0 Å². The summed E-state index contributed by atoms with van der Waals surface area (Å²) in [6.07, 6.45) is 1.70. The number of nitrogens with zero attached hydrogens (tertiary/aromatic N) is 1. The summed E-state index contributed by atoms with van der Waals surface area (Å²) in [6, 6.07) is -0.484. The van der Waals surface area contributed by atoms with Gasteiger partial charge in [-0.2, -0.15) is 0 Å². The Morgan fingerprint density at radius 1 is 1.50 bits per heavy atom. The van der Waals surface area contributed by atoms with Crippen LogP contribution in [0.3, 0.4) is 0 Å². The van der Waals surface area contributed by atoms with Gasteiger partial charge in [-0.25, -0.2) is 0 Å². The van der Waals surface area contributed by atoms with Crippen LogP contribution < -0.4 is 10.5 Å². The van der Waals surface area contributed by atoms with Crippen LogP contribution in [0.25, 0.3) is 0 Å². The van der Waals surface area contributed by atoms with Crippen molar-refractivity contribution in [2.75, 3.05) is 20.8 Å². The molecule has 0 saturated heterocycles. The van der Waals surface area contributed by atoms with Crippen LogP contribution in [0.15, 0.2) is 6.20 Å². The number of pyridine rings is 1. The summed E-state index contributed by atoms with van der Waals surface area (Å²) in [5.74, 6) is 0.621. The number of nitrogens with two attached hydrogens (primary N) is 1. The molecule has 90 valence electrons. The fourth-order valence-corrected chi connectivity index (χ4v) is 1.67. The molecule has 0 unspecified atom stereocenters. The minimum absolute atomic E-state index is 0.142. The van der Waals surface area contributed by atoms with Crippen LogP contribution in [0.5, 0.6) is 5.75 Å². The SMILES string of the molecule is COCc1cnc(C)c(OC)c1[C@H](N)CO. The highest BCUT2D eigenvalue weighted by Crippen LogP contribution is 2.29. The van der Waals surface area contributed by atoms with Crippen LogP contribution in [0, 0.1) is 6.92 Å². The highest BCUT2D eigenvalue weighted by molar-refractivity contribution is 5.43. The van der Waals surface area contributed by atoms with Crippen molar-refractivity contribution in [1.82, 2.24) is 4.98 Å². The van der Waals surface area contributed by atoms with E-state index in [1.165, 1.54) is 0 Å². The van der Waals surface area contributed by atoms with Gasteiger partial charge in [-0.15, -0.1) is 0 Å². The first kappa shape index (κ1) is 12.9. The van der Waals surface area contributed by atoms with Crippen LogP contribution in [0.2, 0.25) is 0 Å². The number of aliphatic hydroxyl groups is 1. The molecule has 0 aromatic carbocycles. The molecular weight excluding hydrogens is 208 g/mol. The van der Waals surface area contributed by atoms with Gasteiger partial charge in [0.25, 0.3) is 0 Å². The molecule has 1 aromatic heterocycles. The third kappa shape index (κ3) is 2.49. The summed E-state index contributed by atoms with van der Waals surface area (Å²) in [4.78, 5) is 4.20. The summed E-state index contributed by atoms with van der Waals surface area (Å²) >= 11 is 0. The summed E-state index contributed by atoms with van der Waals surface area (Å²) in [5, 5.41) is 9.15. The Morgan fingerprint density at radius 3 is 2.69 bits per heavy atom. The summed E-state index contributed by atoms with van der Waals surface area (Å²) < 4.78 is 10.3. The lowest BCUT2D eigenvalue weighted by atomic mass is 10.0. The summed E-state index contributed by atoms with van der Waals surface area (Å²) in [7, 11) is 3.16. The highest BCUT2D eigenvalue weighted by Gasteiger charge is 2.18. The van der Waals surface area contributed by atoms with E-state index in [-0.39, 0.29) is 6.61 Å². The lowest BCUT2D eigenvalue weighted by Gasteiger charge is -2.18. The van der Waals surface area contributed by atoms with E-state index >= 15 is 0 Å². The molecule has 0 aliphatic heterocycles. The highest BCUT2D eigenvalue weighted by atomic mass is 16.5. The van der Waals surface area contributed by atoms with Crippen LogP contribution in [-0.2, 0) is 11.3 Å². The zero-order valence-corrected chi connectivity index (χ0v) is 9.86. The van der Waals surface area contributed by atoms with E-state index in [0.29, 0.717) is 12.4 Å². The van der Waals surface area contributed by atoms with Crippen LogP contribution >= 0.6 is 0 Å². The number of ether oxygens (including phenoxy) is 2. The summed E-state index contributed by atoms with van der Waals surface area (Å²) in [6.45, 7) is 2.09. The molecule has 0 fully saturated rings. The normalized spacial score (nSPS) is 12.6. The van der Waals surface area contributed by atoms with E-state index in [1.54, 1.807) is 20.4 Å². The summed E-state index contributed by atoms with van der Waals surface area (Å²) in [5.41, 5.74) is 8.21. The van der Waals surface area contributed by atoms with E-state index in [4.69, 9.17) is 20.3 Å². The molecule has 5 nitrogen and oxygen atoms in total. The standard InChI is InChI=1S/C11H18N2O3/c1-7-11(16-3)10(9(12)5-14)8(4-13-7)6-15-2/h4,9,14H,5-6,12H2,1-3H3/t9-/m1/s1. The number of aliphatic hydroxyl groups excluding tert-OH is 1. The average molecular weight is 226 g/mol. The number of aromatic nitrogens is 1. The Bertz CT molecular complexity index is 355. The molecule has 0 bridgehead atoms. The smallest absolute Gasteiger partial charge is 0.145 e. The van der Waals surface area contributed by atoms with E-state index in [2.05, 4.69) is 4.98 Å². The van der Waals surface area contributed by atoms with E-state index < -0.39 is 6.04 Å². The lowest BCUT2D eigenvalue weighted by molar-refractivity contribution is 0.181. The number of hydrogen-bond donors (Lipinski definition) is 2. The second-order valence-electron chi connectivity index (χ2n) is 3.54. The maximum atomic E-state index is 9.15. The Kier molecular flexibility index (Phi) is 4.67. The molecule has 1 atom stereocenters. The Labute approximate surface area is 95.2 Å². The zero-order valence-electron chi connectivity index (χ0n) is 9.86. The minimum Gasteiger partial charge on any atom is -0.494 e. The fraction of sp³-hybridized carbons (Fsp3) is 0.545. The number of hydrogen-bond acceptors (Lipinski definition) is 5. The van der Waals surface area contributed by atoms with Crippen LogP contribution in [0.4, 0.5) is 0 Å². The van der Waals surface area contributed by atoms with Gasteiger partial charge in [0.05, 0.1) is 32.1 Å². The lowest BCUT2D eigenvalue weighted by Crippen LogP contribution is -2.19. The molecule has 5 heteroatoms. The van der Waals surface area contributed by atoms with E-state index in [9.17, 15) is 0 Å². The van der Waals surface area contributed by atoms with Crippen molar-refractivity contribution in [3.05, 3.63) is 23.0 Å². The molecule has 0 saturated carbocycles. The predicted molar refractivity (Wildman–Crippen MR) is 60.3 cm³/mol. The van der Waals surface area contributed by atoms with Crippen molar-refractivity contribution in [1.29, 1.82) is 0 Å². The topological polar surface area (TPSA) is 77.6 Å². The quantitative estimate of drug-likeness (QED) is 0.766. The van der Waals surface area contributed by atoms with Gasteiger partial charge in [-0.3, -0.25) is 4.98 Å². The first-order chi connectivity index (χ1) is 7.65. The van der Waals surface area contributed by atoms with Crippen molar-refractivity contribution in [2.45, 2.75) is 19.6 Å². The monoisotopic (exact) mass is 226 g/mol. The first-order valence-corrected chi connectivity index (χ1v) is 5.03. The van der Waals surface area contributed by atoms with Crippen molar-refractivity contribution < 1.29 is 14.6 Å². The second-order valence-corrected chi connectivity index (χ2v) is 3.54. The van der Waals surface area contributed by atoms with Gasteiger partial charge in [-0.1, -0.05) is 0 Å². The molecule has 1 aromatic rings.